The summed E-state index contributed by atoms with van der Waals surface area (Å²) in [5.74, 6) is -2.02. The van der Waals surface area contributed by atoms with Gasteiger partial charge in [0.2, 0.25) is 0 Å². The molecule has 0 spiro atoms. The highest BCUT2D eigenvalue weighted by Gasteiger charge is 2.17. The van der Waals surface area contributed by atoms with Crippen molar-refractivity contribution < 1.29 is 14.3 Å². The normalized spacial score (nSPS) is 10.7. The fourth-order valence-corrected chi connectivity index (χ4v) is 1.45. The van der Waals surface area contributed by atoms with Gasteiger partial charge in [0.1, 0.15) is 11.4 Å². The molecule has 2 aromatic rings. The van der Waals surface area contributed by atoms with E-state index < -0.39 is 11.8 Å². The average molecular weight is 194 g/mol. The number of nitrogens with zero attached hydrogens (tertiary/aromatic N) is 1. The highest BCUT2D eigenvalue weighted by Crippen LogP contribution is 2.22. The number of nitrogens with one attached hydrogen (secondary N) is 1. The zero-order valence-corrected chi connectivity index (χ0v) is 7.34. The second-order valence-electron chi connectivity index (χ2n) is 2.97. The molecule has 72 valence electrons. The summed E-state index contributed by atoms with van der Waals surface area (Å²) in [5, 5.41) is 15.6. The minimum absolute atomic E-state index is 0.325. The lowest BCUT2D eigenvalue weighted by atomic mass is 10.1. The summed E-state index contributed by atoms with van der Waals surface area (Å²) >= 11 is 0. The van der Waals surface area contributed by atoms with Crippen LogP contribution in [0.4, 0.5) is 4.39 Å². The molecule has 0 saturated carbocycles. The lowest BCUT2D eigenvalue weighted by molar-refractivity contribution is 0.0694. The maximum atomic E-state index is 13.2. The van der Waals surface area contributed by atoms with Gasteiger partial charge in [-0.1, -0.05) is 0 Å². The van der Waals surface area contributed by atoms with E-state index in [0.29, 0.717) is 16.6 Å². The van der Waals surface area contributed by atoms with Crippen LogP contribution in [0.5, 0.6) is 0 Å². The molecule has 2 N–H and O–H groups in total. The Hall–Kier alpha value is -1.91. The van der Waals surface area contributed by atoms with Crippen LogP contribution in [-0.2, 0) is 0 Å². The van der Waals surface area contributed by atoms with Crippen molar-refractivity contribution in [3.63, 3.8) is 0 Å². The van der Waals surface area contributed by atoms with Crippen LogP contribution in [0.2, 0.25) is 0 Å². The van der Waals surface area contributed by atoms with Crippen molar-refractivity contribution in [1.82, 2.24) is 10.2 Å². The van der Waals surface area contributed by atoms with Gasteiger partial charge in [-0.3, -0.25) is 5.10 Å². The van der Waals surface area contributed by atoms with E-state index in [1.54, 1.807) is 6.92 Å². The van der Waals surface area contributed by atoms with E-state index in [9.17, 15) is 9.18 Å². The van der Waals surface area contributed by atoms with E-state index in [2.05, 4.69) is 10.2 Å². The molecule has 0 aliphatic carbocycles. The van der Waals surface area contributed by atoms with E-state index in [-0.39, 0.29) is 5.56 Å². The van der Waals surface area contributed by atoms with Crippen molar-refractivity contribution in [2.24, 2.45) is 0 Å². The Morgan fingerprint density at radius 3 is 2.93 bits per heavy atom. The van der Waals surface area contributed by atoms with E-state index in [4.69, 9.17) is 5.11 Å². The van der Waals surface area contributed by atoms with Crippen molar-refractivity contribution in [2.45, 2.75) is 6.92 Å². The molecule has 0 saturated heterocycles. The number of carboxylic acid groups (broad SMARTS) is 1. The molecule has 2 rings (SSSR count). The fourth-order valence-electron chi connectivity index (χ4n) is 1.45. The number of hydrogen-bond acceptors (Lipinski definition) is 2. The van der Waals surface area contributed by atoms with Gasteiger partial charge >= 0.3 is 5.97 Å². The smallest absolute Gasteiger partial charge is 0.339 e. The van der Waals surface area contributed by atoms with Gasteiger partial charge in [0.05, 0.1) is 5.52 Å². The molecule has 0 unspecified atom stereocenters. The Morgan fingerprint density at radius 2 is 2.29 bits per heavy atom. The molecule has 1 heterocycles. The van der Waals surface area contributed by atoms with Crippen LogP contribution in [0, 0.1) is 12.7 Å². The van der Waals surface area contributed by atoms with Crippen molar-refractivity contribution in [1.29, 1.82) is 0 Å². The Labute approximate surface area is 78.4 Å². The number of halogens is 1. The number of aromatic carboxylic acids is 1. The van der Waals surface area contributed by atoms with Crippen molar-refractivity contribution in [3.8, 4) is 0 Å². The molecule has 1 aromatic carbocycles. The average Bonchev–Trinajstić information content (AvgIpc) is 2.47. The summed E-state index contributed by atoms with van der Waals surface area (Å²) in [7, 11) is 0. The number of H-pyrrole nitrogens is 1. The van der Waals surface area contributed by atoms with Crippen LogP contribution in [0.1, 0.15) is 16.1 Å². The first-order valence-electron chi connectivity index (χ1n) is 3.97. The third kappa shape index (κ3) is 1.06. The Kier molecular flexibility index (Phi) is 1.73. The molecular formula is C9H7FN2O2. The molecular weight excluding hydrogens is 187 g/mol. The maximum Gasteiger partial charge on any atom is 0.339 e. The van der Waals surface area contributed by atoms with Gasteiger partial charge in [-0.05, 0) is 19.1 Å². The molecule has 1 aromatic heterocycles. The van der Waals surface area contributed by atoms with Crippen LogP contribution < -0.4 is 0 Å². The van der Waals surface area contributed by atoms with E-state index >= 15 is 0 Å². The summed E-state index contributed by atoms with van der Waals surface area (Å²) < 4.78 is 13.2. The molecule has 0 aliphatic rings. The molecule has 4 nitrogen and oxygen atoms in total. The van der Waals surface area contributed by atoms with Gasteiger partial charge in [-0.2, -0.15) is 5.10 Å². The first-order chi connectivity index (χ1) is 6.61. The fraction of sp³-hybridized carbons (Fsp3) is 0.111. The zero-order valence-electron chi connectivity index (χ0n) is 7.34. The predicted molar refractivity (Wildman–Crippen MR) is 47.7 cm³/mol. The van der Waals surface area contributed by atoms with Gasteiger partial charge in [0.15, 0.2) is 0 Å². The number of aromatic nitrogens is 2. The zero-order chi connectivity index (χ0) is 10.3. The van der Waals surface area contributed by atoms with Gasteiger partial charge < -0.3 is 5.11 Å². The summed E-state index contributed by atoms with van der Waals surface area (Å²) in [4.78, 5) is 10.8. The SMILES string of the molecule is Cc1[nH]nc2ccc(F)c(C(=O)O)c12. The van der Waals surface area contributed by atoms with E-state index in [0.717, 1.165) is 6.07 Å². The van der Waals surface area contributed by atoms with Crippen molar-refractivity contribution >= 4 is 16.9 Å². The topological polar surface area (TPSA) is 66.0 Å². The van der Waals surface area contributed by atoms with E-state index in [1.807, 2.05) is 0 Å². The Morgan fingerprint density at radius 1 is 1.57 bits per heavy atom. The molecule has 0 bridgehead atoms. The molecule has 0 atom stereocenters. The number of aromatic amines is 1. The molecule has 0 aliphatic heterocycles. The molecule has 0 fully saturated rings. The largest absolute Gasteiger partial charge is 0.478 e. The van der Waals surface area contributed by atoms with Crippen molar-refractivity contribution in [2.75, 3.05) is 0 Å². The van der Waals surface area contributed by atoms with Gasteiger partial charge in [-0.25, -0.2) is 9.18 Å². The first kappa shape index (κ1) is 8.68. The van der Waals surface area contributed by atoms with Crippen LogP contribution >= 0.6 is 0 Å². The Balaban J connectivity index is 2.94. The van der Waals surface area contributed by atoms with Crippen LogP contribution in [-0.4, -0.2) is 21.3 Å². The second-order valence-corrected chi connectivity index (χ2v) is 2.97. The highest BCUT2D eigenvalue weighted by molar-refractivity contribution is 6.03. The predicted octanol–water partition coefficient (Wildman–Crippen LogP) is 1.71. The number of carbonyl (C=O) groups is 1. The monoisotopic (exact) mass is 194 g/mol. The lowest BCUT2D eigenvalue weighted by Gasteiger charge is -1.99. The first-order valence-corrected chi connectivity index (χ1v) is 3.97. The third-order valence-electron chi connectivity index (χ3n) is 2.07. The van der Waals surface area contributed by atoms with Gasteiger partial charge in [0.25, 0.3) is 0 Å². The lowest BCUT2D eigenvalue weighted by Crippen LogP contribution is -2.01. The summed E-state index contributed by atoms with van der Waals surface area (Å²) in [6.45, 7) is 1.65. The van der Waals surface area contributed by atoms with Gasteiger partial charge in [-0.15, -0.1) is 0 Å². The standard InChI is InChI=1S/C9H7FN2O2/c1-4-7-6(12-11-4)3-2-5(10)8(7)9(13)14/h2-3H,1H3,(H,11,12)(H,13,14). The molecule has 0 radical (unpaired) electrons. The summed E-state index contributed by atoms with van der Waals surface area (Å²) in [6, 6.07) is 2.55. The number of fused-ring (bicyclic) bond motifs is 1. The number of benzene rings is 1. The number of carboxylic acids is 1. The van der Waals surface area contributed by atoms with Crippen LogP contribution in [0.25, 0.3) is 10.9 Å². The number of hydrogen-bond donors (Lipinski definition) is 2. The maximum absolute atomic E-state index is 13.2. The molecule has 0 amide bonds. The second kappa shape index (κ2) is 2.80. The molecule has 5 heteroatoms. The number of aryl methyl sites for hydroxylation is 1. The van der Waals surface area contributed by atoms with E-state index in [1.165, 1.54) is 6.07 Å². The quantitative estimate of drug-likeness (QED) is 0.726. The van der Waals surface area contributed by atoms with Crippen LogP contribution in [0.3, 0.4) is 0 Å². The summed E-state index contributed by atoms with van der Waals surface area (Å²) in [5.41, 5.74) is 0.687. The van der Waals surface area contributed by atoms with Crippen LogP contribution in [0.15, 0.2) is 12.1 Å². The summed E-state index contributed by atoms with van der Waals surface area (Å²) in [6.07, 6.45) is 0. The minimum atomic E-state index is -1.28. The Bertz CT molecular complexity index is 519. The molecule has 14 heavy (non-hydrogen) atoms. The minimum Gasteiger partial charge on any atom is -0.478 e. The number of rotatable bonds is 1. The van der Waals surface area contributed by atoms with Gasteiger partial charge in [0, 0.05) is 11.1 Å². The third-order valence-corrected chi connectivity index (χ3v) is 2.07. The van der Waals surface area contributed by atoms with Crippen molar-refractivity contribution in [3.05, 3.63) is 29.2 Å². The highest BCUT2D eigenvalue weighted by atomic mass is 19.1.